The number of nitrogens with zero attached hydrogens (tertiary/aromatic N) is 3. The zero-order chi connectivity index (χ0) is 46.3. The summed E-state index contributed by atoms with van der Waals surface area (Å²) in [7, 11) is -1.23. The number of hydrogen-bond acceptors (Lipinski definition) is 3. The maximum Gasteiger partial charge on any atom is 0.121 e. The van der Waals surface area contributed by atoms with Crippen LogP contribution in [0.3, 0.4) is 0 Å². The van der Waals surface area contributed by atoms with E-state index in [-0.39, 0.29) is 37.4 Å². The molecule has 339 valence electrons. The third-order valence-electron chi connectivity index (χ3n) is 12.7. The van der Waals surface area contributed by atoms with E-state index in [1.807, 2.05) is 42.6 Å². The molecule has 4 nitrogen and oxygen atoms in total. The van der Waals surface area contributed by atoms with Crippen molar-refractivity contribution < 1.29 is 24.5 Å². The van der Waals surface area contributed by atoms with Gasteiger partial charge in [-0.1, -0.05) is 170 Å². The van der Waals surface area contributed by atoms with Gasteiger partial charge >= 0.3 is 0 Å². The molecule has 0 fully saturated rings. The Labute approximate surface area is 411 Å². The van der Waals surface area contributed by atoms with Crippen molar-refractivity contribution in [2.45, 2.75) is 85.4 Å². The third-order valence-corrected chi connectivity index (χ3v) is 14.7. The van der Waals surface area contributed by atoms with Gasteiger partial charge in [0.2, 0.25) is 0 Å². The maximum absolute atomic E-state index is 6.77. The molecular weight excluding hydrogens is 1010 g/mol. The summed E-state index contributed by atoms with van der Waals surface area (Å²) in [6.07, 6.45) is 2.02. The summed E-state index contributed by atoms with van der Waals surface area (Å²) in [5, 5.41) is 3.55. The van der Waals surface area contributed by atoms with E-state index in [9.17, 15) is 0 Å². The van der Waals surface area contributed by atoms with Crippen LogP contribution < -0.4 is 5.19 Å². The molecule has 0 aliphatic carbocycles. The molecule has 0 saturated heterocycles. The Hall–Kier alpha value is -6.17. The van der Waals surface area contributed by atoms with E-state index >= 15 is 0 Å². The Morgan fingerprint density at radius 2 is 1.27 bits per heavy atom. The van der Waals surface area contributed by atoms with Crippen molar-refractivity contribution in [3.63, 3.8) is 0 Å². The van der Waals surface area contributed by atoms with Gasteiger partial charge in [0.15, 0.2) is 0 Å². The Kier molecular flexibility index (Phi) is 13.6. The van der Waals surface area contributed by atoms with Crippen molar-refractivity contribution in [3.05, 3.63) is 193 Å². The molecule has 0 bridgehead atoms. The normalized spacial score (nSPS) is 11.9. The number of benzene rings is 7. The summed E-state index contributed by atoms with van der Waals surface area (Å²) in [5.41, 5.74) is 16.6. The molecular formula is C61H59IrN3OSi-2. The van der Waals surface area contributed by atoms with Crippen molar-refractivity contribution in [3.8, 4) is 50.6 Å². The van der Waals surface area contributed by atoms with E-state index in [4.69, 9.17) is 9.40 Å². The Bertz CT molecular complexity index is 3270. The molecule has 0 saturated carbocycles. The second-order valence-electron chi connectivity index (χ2n) is 20.1. The number of aromatic nitrogens is 3. The zero-order valence-electron chi connectivity index (χ0n) is 40.3. The first-order valence-electron chi connectivity index (χ1n) is 23.3. The van der Waals surface area contributed by atoms with Gasteiger partial charge in [-0.25, -0.2) is 0 Å². The molecule has 0 spiro atoms. The second kappa shape index (κ2) is 19.2. The molecule has 0 amide bonds. The smallest absolute Gasteiger partial charge is 0.121 e. The van der Waals surface area contributed by atoms with Crippen LogP contribution in [0.4, 0.5) is 0 Å². The Morgan fingerprint density at radius 3 is 1.90 bits per heavy atom. The fourth-order valence-electron chi connectivity index (χ4n) is 8.84. The predicted octanol–water partition coefficient (Wildman–Crippen LogP) is 16.4. The van der Waals surface area contributed by atoms with E-state index < -0.39 is 8.07 Å². The number of pyridine rings is 1. The van der Waals surface area contributed by atoms with Crippen LogP contribution in [-0.4, -0.2) is 22.6 Å². The third kappa shape index (κ3) is 9.67. The average molecular weight is 1070 g/mol. The molecule has 0 aliphatic heterocycles. The molecule has 67 heavy (non-hydrogen) atoms. The van der Waals surface area contributed by atoms with Gasteiger partial charge in [0.1, 0.15) is 5.58 Å². The van der Waals surface area contributed by atoms with E-state index in [2.05, 4.69) is 211 Å². The first-order chi connectivity index (χ1) is 31.7. The molecule has 7 aromatic carbocycles. The van der Waals surface area contributed by atoms with Crippen LogP contribution in [0.15, 0.2) is 168 Å². The van der Waals surface area contributed by atoms with Gasteiger partial charge in [-0.15, -0.1) is 54.1 Å². The number of furan rings is 1. The first kappa shape index (κ1) is 47.3. The van der Waals surface area contributed by atoms with Crippen LogP contribution in [0.5, 0.6) is 0 Å². The number of para-hydroxylation sites is 2. The standard InChI is InChI=1S/C47H43N2O.C14H16NSi.Ir/c1-29(2)39-26-34(32-20-23-35(24-21-32)47(5,6)7)27-40(30(3)4)44(39)49-42-19-12-11-18-41(42)48-46(49)38-17-13-16-37-36-25-22-33(28-43(36)50-45(37)38)31-14-9-8-10-15-31;1-16(2,3)13-9-10-14(15-11-13)12-7-5-4-6-8-12;/h8-16,18-30H,1-7H3;4-7,9-11H,1-3H3;/q2*-1;. The molecule has 3 aromatic heterocycles. The van der Waals surface area contributed by atoms with Gasteiger partial charge in [-0.2, -0.15) is 0 Å². The van der Waals surface area contributed by atoms with E-state index in [1.54, 1.807) is 0 Å². The van der Waals surface area contributed by atoms with Crippen LogP contribution in [0.1, 0.15) is 77.0 Å². The number of imidazole rings is 1. The summed E-state index contributed by atoms with van der Waals surface area (Å²) < 4.78 is 9.14. The summed E-state index contributed by atoms with van der Waals surface area (Å²) >= 11 is 0. The summed E-state index contributed by atoms with van der Waals surface area (Å²) in [4.78, 5) is 9.85. The molecule has 1 radical (unpaired) electrons. The zero-order valence-corrected chi connectivity index (χ0v) is 43.7. The van der Waals surface area contributed by atoms with Crippen molar-refractivity contribution in [1.29, 1.82) is 0 Å². The topological polar surface area (TPSA) is 43.9 Å². The van der Waals surface area contributed by atoms with Crippen LogP contribution in [-0.2, 0) is 25.5 Å². The van der Waals surface area contributed by atoms with Crippen molar-refractivity contribution in [1.82, 2.24) is 14.5 Å². The summed E-state index contributed by atoms with van der Waals surface area (Å²) in [6.45, 7) is 23.0. The van der Waals surface area contributed by atoms with Gasteiger partial charge in [-0.3, -0.25) is 4.98 Å². The van der Waals surface area contributed by atoms with Gasteiger partial charge in [0.25, 0.3) is 0 Å². The molecule has 0 unspecified atom stereocenters. The van der Waals surface area contributed by atoms with Crippen LogP contribution in [0.25, 0.3) is 83.6 Å². The maximum atomic E-state index is 6.77. The largest absolute Gasteiger partial charge is 0.501 e. The Balaban J connectivity index is 0.000000303. The molecule has 10 rings (SSSR count). The summed E-state index contributed by atoms with van der Waals surface area (Å²) in [5.74, 6) is 1.38. The molecule has 0 atom stereocenters. The predicted molar refractivity (Wildman–Crippen MR) is 282 cm³/mol. The molecule has 10 aromatic rings. The average Bonchev–Trinajstić information content (AvgIpc) is 3.90. The summed E-state index contributed by atoms with van der Waals surface area (Å²) in [6, 6.07) is 62.5. The first-order valence-corrected chi connectivity index (χ1v) is 26.8. The van der Waals surface area contributed by atoms with Crippen LogP contribution >= 0.6 is 0 Å². The number of hydrogen-bond donors (Lipinski definition) is 0. The van der Waals surface area contributed by atoms with Gasteiger partial charge < -0.3 is 14.0 Å². The van der Waals surface area contributed by atoms with E-state index in [1.165, 1.54) is 44.3 Å². The quantitative estimate of drug-likeness (QED) is 0.112. The molecule has 3 heterocycles. The minimum Gasteiger partial charge on any atom is -0.501 e. The van der Waals surface area contributed by atoms with Crippen molar-refractivity contribution >= 4 is 46.2 Å². The van der Waals surface area contributed by atoms with Crippen molar-refractivity contribution in [2.75, 3.05) is 0 Å². The number of rotatable bonds is 8. The van der Waals surface area contributed by atoms with Crippen LogP contribution in [0.2, 0.25) is 19.6 Å². The SMILES string of the molecule is CC(C)c1cc(-c2ccc(C(C)(C)C)cc2)cc(C(C)C)c1-n1c(-c2[c-]ccc3c2oc2cc(-c4ccccc4)ccc23)nc2ccccc21.C[Si](C)(C)c1ccc(-c2[c-]cccc2)nc1.[Ir]. The fraction of sp³-hybridized carbons (Fsp3) is 0.213. The van der Waals surface area contributed by atoms with Crippen molar-refractivity contribution in [2.24, 2.45) is 0 Å². The minimum atomic E-state index is -1.23. The second-order valence-corrected chi connectivity index (χ2v) is 25.2. The van der Waals surface area contributed by atoms with Crippen LogP contribution in [0, 0.1) is 12.1 Å². The minimum absolute atomic E-state index is 0. The molecule has 0 aliphatic rings. The fourth-order valence-corrected chi connectivity index (χ4v) is 9.87. The van der Waals surface area contributed by atoms with Gasteiger partial charge in [0.05, 0.1) is 30.5 Å². The molecule has 6 heteroatoms. The van der Waals surface area contributed by atoms with Gasteiger partial charge in [0, 0.05) is 37.4 Å². The van der Waals surface area contributed by atoms with E-state index in [0.717, 1.165) is 61.2 Å². The number of fused-ring (bicyclic) bond motifs is 4. The molecule has 0 N–H and O–H groups in total. The Morgan fingerprint density at radius 1 is 0.612 bits per heavy atom. The van der Waals surface area contributed by atoms with E-state index in [0.29, 0.717) is 0 Å². The monoisotopic (exact) mass is 1070 g/mol. The van der Waals surface area contributed by atoms with Gasteiger partial charge in [-0.05, 0) is 97.4 Å².